The molecule has 0 aliphatic heterocycles. The fourth-order valence-corrected chi connectivity index (χ4v) is 4.05. The molecule has 5 nitrogen and oxygen atoms in total. The van der Waals surface area contributed by atoms with Gasteiger partial charge in [-0.25, -0.2) is 4.39 Å². The minimum Gasteiger partial charge on any atom is -0.485 e. The minimum absolute atomic E-state index is 0.147. The van der Waals surface area contributed by atoms with E-state index in [1.165, 1.54) is 12.1 Å². The molecule has 6 heteroatoms. The number of furan rings is 1. The summed E-state index contributed by atoms with van der Waals surface area (Å²) in [5.74, 6) is 0.146. The Labute approximate surface area is 168 Å². The van der Waals surface area contributed by atoms with Crippen LogP contribution in [0.3, 0.4) is 0 Å². The number of hydrogen-bond acceptors (Lipinski definition) is 4. The average molecular weight is 395 g/mol. The zero-order valence-corrected chi connectivity index (χ0v) is 16.6. The number of aryl methyl sites for hydroxylation is 1. The molecule has 2 aromatic heterocycles. The molecule has 1 aromatic carbocycles. The van der Waals surface area contributed by atoms with E-state index >= 15 is 0 Å². The highest BCUT2D eigenvalue weighted by atomic mass is 19.1. The van der Waals surface area contributed by atoms with Crippen LogP contribution in [0.4, 0.5) is 4.39 Å². The van der Waals surface area contributed by atoms with Crippen LogP contribution in [0, 0.1) is 19.7 Å². The maximum atomic E-state index is 14.1. The average Bonchev–Trinajstić information content (AvgIpc) is 3.37. The van der Waals surface area contributed by atoms with Gasteiger partial charge in [-0.15, -0.1) is 0 Å². The fraction of sp³-hybridized carbons (Fsp3) is 0.304. The van der Waals surface area contributed by atoms with Crippen LogP contribution in [0.25, 0.3) is 0 Å². The second kappa shape index (κ2) is 7.35. The maximum absolute atomic E-state index is 14.1. The van der Waals surface area contributed by atoms with Crippen LogP contribution in [-0.2, 0) is 6.54 Å². The summed E-state index contributed by atoms with van der Waals surface area (Å²) in [6.45, 7) is 5.95. The van der Waals surface area contributed by atoms with E-state index < -0.39 is 5.82 Å². The van der Waals surface area contributed by atoms with E-state index in [2.05, 4.69) is 0 Å². The highest BCUT2D eigenvalue weighted by Gasteiger charge is 2.32. The number of nitrogens with zero attached hydrogens (tertiary/aromatic N) is 1. The van der Waals surface area contributed by atoms with Crippen LogP contribution in [0.15, 0.2) is 41.0 Å². The molecule has 29 heavy (non-hydrogen) atoms. The molecule has 0 spiro atoms. The van der Waals surface area contributed by atoms with Crippen molar-refractivity contribution in [1.82, 2.24) is 4.57 Å². The molecule has 4 rings (SSSR count). The van der Waals surface area contributed by atoms with E-state index in [-0.39, 0.29) is 41.8 Å². The molecule has 0 amide bonds. The van der Waals surface area contributed by atoms with E-state index in [0.29, 0.717) is 17.7 Å². The number of hydrogen-bond donors (Lipinski definition) is 0. The number of benzene rings is 1. The lowest BCUT2D eigenvalue weighted by molar-refractivity contribution is 0.0911. The molecule has 0 radical (unpaired) electrons. The fourth-order valence-electron chi connectivity index (χ4n) is 4.05. The third-order valence-electron chi connectivity index (χ3n) is 5.54. The molecule has 0 saturated heterocycles. The number of carbonyl (C=O) groups excluding carboxylic acids is 2. The van der Waals surface area contributed by atoms with Gasteiger partial charge >= 0.3 is 0 Å². The third kappa shape index (κ3) is 3.39. The molecule has 1 aliphatic carbocycles. The van der Waals surface area contributed by atoms with Crippen LogP contribution in [-0.4, -0.2) is 22.7 Å². The van der Waals surface area contributed by atoms with Gasteiger partial charge in [0.1, 0.15) is 17.3 Å². The molecule has 1 aliphatic rings. The molecule has 0 fully saturated rings. The van der Waals surface area contributed by atoms with Crippen LogP contribution in [0.2, 0.25) is 0 Å². The predicted octanol–water partition coefficient (Wildman–Crippen LogP) is 4.84. The number of ether oxygens (including phenoxy) is 1. The molecular formula is C23H22FNO4. The predicted molar refractivity (Wildman–Crippen MR) is 105 cm³/mol. The van der Waals surface area contributed by atoms with Gasteiger partial charge in [0.2, 0.25) is 5.78 Å². The quantitative estimate of drug-likeness (QED) is 0.561. The summed E-state index contributed by atoms with van der Waals surface area (Å²) in [6, 6.07) is 8.26. The van der Waals surface area contributed by atoms with Gasteiger partial charge in [-0.2, -0.15) is 0 Å². The lowest BCUT2D eigenvalue weighted by Gasteiger charge is -2.12. The van der Waals surface area contributed by atoms with E-state index in [4.69, 9.17) is 9.15 Å². The van der Waals surface area contributed by atoms with Crippen LogP contribution in [0.5, 0.6) is 5.75 Å². The van der Waals surface area contributed by atoms with E-state index in [0.717, 1.165) is 17.1 Å². The highest BCUT2D eigenvalue weighted by molar-refractivity contribution is 6.04. The van der Waals surface area contributed by atoms with Crippen molar-refractivity contribution in [3.05, 3.63) is 76.3 Å². The largest absolute Gasteiger partial charge is 0.485 e. The highest BCUT2D eigenvalue weighted by Crippen LogP contribution is 2.39. The molecular weight excluding hydrogens is 373 g/mol. The molecule has 1 atom stereocenters. The number of Topliss-reactive ketones (excluding diaryl/α,β-unsaturated/α-hetero) is 2. The number of ketones is 2. The molecule has 0 unspecified atom stereocenters. The van der Waals surface area contributed by atoms with Crippen molar-refractivity contribution in [2.24, 2.45) is 0 Å². The van der Waals surface area contributed by atoms with Gasteiger partial charge in [0.05, 0.1) is 18.4 Å². The first-order chi connectivity index (χ1) is 13.9. The summed E-state index contributed by atoms with van der Waals surface area (Å²) in [5.41, 5.74) is 2.98. The van der Waals surface area contributed by atoms with Gasteiger partial charge in [0, 0.05) is 28.9 Å². The summed E-state index contributed by atoms with van der Waals surface area (Å²) in [6.07, 6.45) is 1.88. The van der Waals surface area contributed by atoms with Gasteiger partial charge in [-0.05, 0) is 50.1 Å². The lowest BCUT2D eigenvalue weighted by Crippen LogP contribution is -2.14. The number of halogens is 1. The Balaban J connectivity index is 1.54. The van der Waals surface area contributed by atoms with E-state index in [9.17, 15) is 14.0 Å². The summed E-state index contributed by atoms with van der Waals surface area (Å²) in [5, 5.41) is 0. The Morgan fingerprint density at radius 1 is 1.31 bits per heavy atom. The molecule has 0 N–H and O–H groups in total. The third-order valence-corrected chi connectivity index (χ3v) is 5.54. The second-order valence-electron chi connectivity index (χ2n) is 7.52. The summed E-state index contributed by atoms with van der Waals surface area (Å²) >= 11 is 0. The summed E-state index contributed by atoms with van der Waals surface area (Å²) in [4.78, 5) is 25.1. The lowest BCUT2D eigenvalue weighted by atomic mass is 10.0. The topological polar surface area (TPSA) is 61.4 Å². The maximum Gasteiger partial charge on any atom is 0.202 e. The molecule has 0 saturated carbocycles. The number of fused-ring (bicyclic) bond motifs is 1. The molecule has 3 aromatic rings. The monoisotopic (exact) mass is 395 g/mol. The first kappa shape index (κ1) is 19.2. The Hall–Kier alpha value is -3.15. The summed E-state index contributed by atoms with van der Waals surface area (Å²) < 4.78 is 27.2. The van der Waals surface area contributed by atoms with Gasteiger partial charge in [-0.3, -0.25) is 9.59 Å². The van der Waals surface area contributed by atoms with Gasteiger partial charge in [-0.1, -0.05) is 6.92 Å². The van der Waals surface area contributed by atoms with Crippen molar-refractivity contribution in [2.45, 2.75) is 39.7 Å². The number of aromatic nitrogens is 1. The van der Waals surface area contributed by atoms with E-state index in [1.54, 1.807) is 6.26 Å². The molecule has 2 heterocycles. The van der Waals surface area contributed by atoms with Crippen molar-refractivity contribution in [2.75, 3.05) is 6.61 Å². The first-order valence-electron chi connectivity index (χ1n) is 9.57. The standard InChI is InChI=1S/C23H22FNO4/c1-13-9-19(26)23-21(7-6-18(24)22(13)23)29-12-20(27)17-10-14(2)25(15(17)3)11-16-5-4-8-28-16/h4-8,10,13H,9,11-12H2,1-3H3/t13-/m0/s1. The minimum atomic E-state index is -0.404. The Kier molecular flexibility index (Phi) is 4.86. The van der Waals surface area contributed by atoms with Crippen LogP contribution >= 0.6 is 0 Å². The Morgan fingerprint density at radius 2 is 2.10 bits per heavy atom. The Morgan fingerprint density at radius 3 is 2.83 bits per heavy atom. The summed E-state index contributed by atoms with van der Waals surface area (Å²) in [7, 11) is 0. The normalized spacial score (nSPS) is 15.6. The van der Waals surface area contributed by atoms with Crippen LogP contribution in [0.1, 0.15) is 62.7 Å². The second-order valence-corrected chi connectivity index (χ2v) is 7.52. The van der Waals surface area contributed by atoms with Gasteiger partial charge in [0.15, 0.2) is 12.4 Å². The SMILES string of the molecule is Cc1cc(C(=O)COc2ccc(F)c3c2C(=O)C[C@@H]3C)c(C)n1Cc1ccco1. The Bertz CT molecular complexity index is 1090. The zero-order valence-electron chi connectivity index (χ0n) is 16.6. The van der Waals surface area contributed by atoms with E-state index in [1.807, 2.05) is 43.5 Å². The van der Waals surface area contributed by atoms with Crippen LogP contribution < -0.4 is 4.74 Å². The van der Waals surface area contributed by atoms with Gasteiger partial charge < -0.3 is 13.7 Å². The first-order valence-corrected chi connectivity index (χ1v) is 9.57. The van der Waals surface area contributed by atoms with Crippen molar-refractivity contribution >= 4 is 11.6 Å². The van der Waals surface area contributed by atoms with Crippen molar-refractivity contribution < 1.29 is 23.1 Å². The van der Waals surface area contributed by atoms with Crippen molar-refractivity contribution in [3.8, 4) is 5.75 Å². The number of carbonyl (C=O) groups is 2. The smallest absolute Gasteiger partial charge is 0.202 e. The number of rotatable bonds is 6. The van der Waals surface area contributed by atoms with Crippen molar-refractivity contribution in [1.29, 1.82) is 0 Å². The molecule has 150 valence electrons. The van der Waals surface area contributed by atoms with Crippen molar-refractivity contribution in [3.63, 3.8) is 0 Å². The molecule has 0 bridgehead atoms. The van der Waals surface area contributed by atoms with Gasteiger partial charge in [0.25, 0.3) is 0 Å². The zero-order chi connectivity index (χ0) is 20.7.